The van der Waals surface area contributed by atoms with Crippen molar-refractivity contribution in [2.24, 2.45) is 0 Å². The van der Waals surface area contributed by atoms with Crippen LogP contribution in [0.4, 0.5) is 10.5 Å². The van der Waals surface area contributed by atoms with Crippen LogP contribution in [-0.2, 0) is 21.4 Å². The number of anilines is 1. The van der Waals surface area contributed by atoms with E-state index < -0.39 is 17.8 Å². The Balaban J connectivity index is 1.51. The minimum atomic E-state index is -2.18. The fourth-order valence-electron chi connectivity index (χ4n) is 2.76. The monoisotopic (exact) mass is 388 g/mol. The van der Waals surface area contributed by atoms with Crippen molar-refractivity contribution in [3.63, 3.8) is 0 Å². The molecule has 0 spiro atoms. The zero-order valence-electron chi connectivity index (χ0n) is 16.1. The van der Waals surface area contributed by atoms with Gasteiger partial charge in [-0.05, 0) is 12.1 Å². The number of benzene rings is 1. The van der Waals surface area contributed by atoms with Crippen LogP contribution in [0.25, 0.3) is 0 Å². The molecule has 0 radical (unpaired) electrons. The van der Waals surface area contributed by atoms with Gasteiger partial charge >= 0.3 is 6.09 Å². The highest BCUT2D eigenvalue weighted by Gasteiger charge is 2.49. The first-order valence-corrected chi connectivity index (χ1v) is 9.08. The molecule has 1 aromatic carbocycles. The van der Waals surface area contributed by atoms with E-state index in [4.69, 9.17) is 9.26 Å². The first-order valence-electron chi connectivity index (χ1n) is 9.08. The summed E-state index contributed by atoms with van der Waals surface area (Å²) in [6.07, 6.45) is -0.559. The van der Waals surface area contributed by atoms with Crippen molar-refractivity contribution in [1.29, 1.82) is 0 Å². The smallest absolute Gasteiger partial charge is 0.407 e. The predicted octanol–water partition coefficient (Wildman–Crippen LogP) is 1.76. The van der Waals surface area contributed by atoms with Crippen LogP contribution in [0.15, 0.2) is 34.9 Å². The zero-order valence-corrected chi connectivity index (χ0v) is 16.1. The number of amides is 2. The number of carbonyl (C=O) groups is 2. The third-order valence-corrected chi connectivity index (χ3v) is 4.31. The number of carbonyl (C=O) groups excluding carboxylic acids is 2. The Labute approximate surface area is 162 Å². The summed E-state index contributed by atoms with van der Waals surface area (Å²) in [5.74, 6) is -1.87. The van der Waals surface area contributed by atoms with Gasteiger partial charge in [0.15, 0.2) is 5.82 Å². The van der Waals surface area contributed by atoms with E-state index >= 15 is 0 Å². The Morgan fingerprint density at radius 1 is 1.36 bits per heavy atom. The summed E-state index contributed by atoms with van der Waals surface area (Å²) in [5, 5.41) is 16.8. The lowest BCUT2D eigenvalue weighted by Crippen LogP contribution is -2.46. The van der Waals surface area contributed by atoms with Crippen LogP contribution in [0.5, 0.6) is 0 Å². The number of hydrogen-bond donors (Lipinski definition) is 2. The number of rotatable bonds is 5. The maximum absolute atomic E-state index is 12.5. The van der Waals surface area contributed by atoms with Gasteiger partial charge in [-0.3, -0.25) is 4.79 Å². The lowest BCUT2D eigenvalue weighted by Gasteiger charge is -2.22. The second-order valence-corrected chi connectivity index (χ2v) is 7.66. The fraction of sp³-hybridized carbons (Fsp3) is 0.474. The van der Waals surface area contributed by atoms with Gasteiger partial charge in [0, 0.05) is 37.0 Å². The van der Waals surface area contributed by atoms with Gasteiger partial charge < -0.3 is 24.6 Å². The second-order valence-electron chi connectivity index (χ2n) is 7.66. The fourth-order valence-corrected chi connectivity index (χ4v) is 2.76. The summed E-state index contributed by atoms with van der Waals surface area (Å²) >= 11 is 0. The molecule has 2 N–H and O–H groups in total. The van der Waals surface area contributed by atoms with Crippen LogP contribution in [0.2, 0.25) is 0 Å². The summed E-state index contributed by atoms with van der Waals surface area (Å²) < 4.78 is 10.2. The highest BCUT2D eigenvalue weighted by atomic mass is 16.7. The van der Waals surface area contributed by atoms with E-state index in [0.717, 1.165) is 0 Å². The van der Waals surface area contributed by atoms with Crippen LogP contribution in [0.1, 0.15) is 38.9 Å². The number of ether oxygens (including phenoxy) is 1. The molecule has 2 aromatic rings. The van der Waals surface area contributed by atoms with Crippen molar-refractivity contribution < 1.29 is 24.0 Å². The molecule has 150 valence electrons. The molecule has 1 fully saturated rings. The zero-order chi connectivity index (χ0) is 20.4. The number of nitrogens with zero attached hydrogens (tertiary/aromatic N) is 3. The van der Waals surface area contributed by atoms with E-state index in [1.165, 1.54) is 4.90 Å². The summed E-state index contributed by atoms with van der Waals surface area (Å²) in [5.41, 5.74) is 0.383. The van der Waals surface area contributed by atoms with Crippen molar-refractivity contribution in [2.45, 2.75) is 44.8 Å². The molecule has 0 bridgehead atoms. The molecular weight excluding hydrogens is 364 g/mol. The maximum atomic E-state index is 12.5. The van der Waals surface area contributed by atoms with Gasteiger partial charge in [-0.25, -0.2) is 4.79 Å². The molecule has 1 atom stereocenters. The highest BCUT2D eigenvalue weighted by Crippen LogP contribution is 2.29. The molecule has 3 rings (SSSR count). The number of aromatic nitrogens is 2. The summed E-state index contributed by atoms with van der Waals surface area (Å²) in [7, 11) is 0. The van der Waals surface area contributed by atoms with Crippen molar-refractivity contribution in [3.8, 4) is 0 Å². The molecule has 1 aliphatic rings. The normalized spacial score (nSPS) is 19.7. The van der Waals surface area contributed by atoms with E-state index in [2.05, 4.69) is 15.5 Å². The van der Waals surface area contributed by atoms with Gasteiger partial charge in [0.25, 0.3) is 11.7 Å². The molecule has 1 aliphatic heterocycles. The minimum absolute atomic E-state index is 0.00602. The molecule has 1 aromatic heterocycles. The molecule has 1 saturated heterocycles. The number of alkyl carbamates (subject to hydrolysis) is 1. The first-order chi connectivity index (χ1) is 13.2. The Bertz CT molecular complexity index is 846. The van der Waals surface area contributed by atoms with Crippen LogP contribution >= 0.6 is 0 Å². The summed E-state index contributed by atoms with van der Waals surface area (Å²) in [6, 6.07) is 8.91. The lowest BCUT2D eigenvalue weighted by atomic mass is 9.97. The lowest BCUT2D eigenvalue weighted by molar-refractivity contribution is -0.175. The SMILES string of the molecule is CC(C)(C)c1nc(CCNC(=O)O[C@@]2(O)CCN(c3ccccc3)C2=O)no1. The molecule has 28 heavy (non-hydrogen) atoms. The van der Waals surface area contributed by atoms with Gasteiger partial charge in [0.05, 0.1) is 0 Å². The average molecular weight is 388 g/mol. The van der Waals surface area contributed by atoms with Gasteiger partial charge in [-0.1, -0.05) is 44.1 Å². The second kappa shape index (κ2) is 7.59. The standard InChI is InChI=1S/C19H24N4O5/c1-18(2,3)15-21-14(22-28-15)9-11-20-17(25)27-19(26)10-12-23(16(19)24)13-7-5-4-6-8-13/h4-8,26H,9-12H2,1-3H3,(H,20,25)/t19-/m0/s1. The maximum Gasteiger partial charge on any atom is 0.410 e. The van der Waals surface area contributed by atoms with Crippen molar-refractivity contribution >= 4 is 17.7 Å². The molecule has 2 heterocycles. The summed E-state index contributed by atoms with van der Waals surface area (Å²) in [4.78, 5) is 30.2. The predicted molar refractivity (Wildman–Crippen MR) is 99.5 cm³/mol. The van der Waals surface area contributed by atoms with E-state index in [1.807, 2.05) is 26.8 Å². The third kappa shape index (κ3) is 4.30. The number of hydrogen-bond acceptors (Lipinski definition) is 7. The molecule has 2 amide bonds. The van der Waals surface area contributed by atoms with E-state index in [-0.39, 0.29) is 24.9 Å². The van der Waals surface area contributed by atoms with E-state index in [9.17, 15) is 14.7 Å². The van der Waals surface area contributed by atoms with Gasteiger partial charge in [-0.15, -0.1) is 0 Å². The van der Waals surface area contributed by atoms with Crippen molar-refractivity contribution in [1.82, 2.24) is 15.5 Å². The van der Waals surface area contributed by atoms with Crippen LogP contribution in [0, 0.1) is 0 Å². The van der Waals surface area contributed by atoms with Crippen LogP contribution < -0.4 is 10.2 Å². The summed E-state index contributed by atoms with van der Waals surface area (Å²) in [6.45, 7) is 6.30. The largest absolute Gasteiger partial charge is 0.410 e. The number of para-hydroxylation sites is 1. The molecule has 0 saturated carbocycles. The highest BCUT2D eigenvalue weighted by molar-refractivity contribution is 6.01. The Morgan fingerprint density at radius 2 is 2.07 bits per heavy atom. The molecule has 9 heteroatoms. The third-order valence-electron chi connectivity index (χ3n) is 4.31. The van der Waals surface area contributed by atoms with Crippen LogP contribution in [0.3, 0.4) is 0 Å². The number of nitrogens with one attached hydrogen (secondary N) is 1. The first kappa shape index (κ1) is 19.8. The van der Waals surface area contributed by atoms with Gasteiger partial charge in [0.2, 0.25) is 5.89 Å². The number of aliphatic hydroxyl groups is 1. The van der Waals surface area contributed by atoms with Crippen LogP contribution in [-0.4, -0.2) is 46.1 Å². The van der Waals surface area contributed by atoms with Crippen molar-refractivity contribution in [2.75, 3.05) is 18.0 Å². The van der Waals surface area contributed by atoms with Gasteiger partial charge in [-0.2, -0.15) is 4.98 Å². The Hall–Kier alpha value is -2.94. The molecule has 0 aliphatic carbocycles. The van der Waals surface area contributed by atoms with E-state index in [1.54, 1.807) is 24.3 Å². The van der Waals surface area contributed by atoms with Crippen molar-refractivity contribution in [3.05, 3.63) is 42.0 Å². The van der Waals surface area contributed by atoms with Gasteiger partial charge in [0.1, 0.15) is 0 Å². The van der Waals surface area contributed by atoms with E-state index in [0.29, 0.717) is 23.8 Å². The molecule has 0 unspecified atom stereocenters. The molecule has 9 nitrogen and oxygen atoms in total. The Morgan fingerprint density at radius 3 is 2.71 bits per heavy atom. The molecular formula is C19H24N4O5. The topological polar surface area (TPSA) is 118 Å². The minimum Gasteiger partial charge on any atom is -0.407 e. The Kier molecular flexibility index (Phi) is 5.37. The average Bonchev–Trinajstić information content (AvgIpc) is 3.22. The quantitative estimate of drug-likeness (QED) is 0.749.